The van der Waals surface area contributed by atoms with Crippen LogP contribution >= 0.6 is 0 Å². The van der Waals surface area contributed by atoms with Crippen LogP contribution in [-0.4, -0.2) is 25.2 Å². The van der Waals surface area contributed by atoms with Crippen LogP contribution in [0.25, 0.3) is 0 Å². The molecule has 1 saturated heterocycles. The van der Waals surface area contributed by atoms with E-state index in [2.05, 4.69) is 11.8 Å². The predicted octanol–water partition coefficient (Wildman–Crippen LogP) is 2.82. The van der Waals surface area contributed by atoms with Crippen molar-refractivity contribution in [2.45, 2.75) is 39.2 Å². The molecule has 4 heteroatoms. The molecule has 1 aliphatic heterocycles. The maximum atomic E-state index is 12.1. The van der Waals surface area contributed by atoms with Crippen molar-refractivity contribution in [3.05, 3.63) is 23.8 Å². The normalized spacial score (nSPS) is 18.6. The Kier molecular flexibility index (Phi) is 4.30. The van der Waals surface area contributed by atoms with Gasteiger partial charge >= 0.3 is 5.97 Å². The summed E-state index contributed by atoms with van der Waals surface area (Å²) in [5.41, 5.74) is 7.94. The highest BCUT2D eigenvalue weighted by Crippen LogP contribution is 2.31. The number of nitrogens with zero attached hydrogens (tertiary/aromatic N) is 1. The average Bonchev–Trinajstić information content (AvgIpc) is 2.87. The smallest absolute Gasteiger partial charge is 0.340 e. The minimum Gasteiger partial charge on any atom is -0.462 e. The summed E-state index contributed by atoms with van der Waals surface area (Å²) in [6.07, 6.45) is 3.45. The van der Waals surface area contributed by atoms with Crippen LogP contribution in [0.1, 0.15) is 43.5 Å². The highest BCUT2D eigenvalue weighted by atomic mass is 16.5. The summed E-state index contributed by atoms with van der Waals surface area (Å²) < 4.78 is 5.13. The van der Waals surface area contributed by atoms with E-state index in [1.54, 1.807) is 6.07 Å². The highest BCUT2D eigenvalue weighted by molar-refractivity contribution is 5.97. The first-order valence-corrected chi connectivity index (χ1v) is 7.00. The van der Waals surface area contributed by atoms with Crippen molar-refractivity contribution in [3.63, 3.8) is 0 Å². The van der Waals surface area contributed by atoms with Gasteiger partial charge in [-0.2, -0.15) is 0 Å². The second kappa shape index (κ2) is 5.95. The van der Waals surface area contributed by atoms with E-state index in [0.717, 1.165) is 18.7 Å². The molecule has 0 radical (unpaired) electrons. The lowest BCUT2D eigenvalue weighted by molar-refractivity contribution is 0.0527. The molecular formula is C15H22N2O2. The maximum Gasteiger partial charge on any atom is 0.340 e. The van der Waals surface area contributed by atoms with E-state index in [-0.39, 0.29) is 5.97 Å². The van der Waals surface area contributed by atoms with Crippen molar-refractivity contribution >= 4 is 17.3 Å². The molecule has 2 N–H and O–H groups in total. The van der Waals surface area contributed by atoms with Crippen LogP contribution < -0.4 is 10.6 Å². The maximum absolute atomic E-state index is 12.1. The van der Waals surface area contributed by atoms with E-state index >= 15 is 0 Å². The van der Waals surface area contributed by atoms with E-state index in [0.29, 0.717) is 23.9 Å². The van der Waals surface area contributed by atoms with Gasteiger partial charge in [-0.3, -0.25) is 0 Å². The van der Waals surface area contributed by atoms with Crippen LogP contribution in [0.2, 0.25) is 0 Å². The summed E-state index contributed by atoms with van der Waals surface area (Å²) >= 11 is 0. The number of ether oxygens (including phenoxy) is 1. The van der Waals surface area contributed by atoms with Gasteiger partial charge in [-0.05, 0) is 44.4 Å². The molecule has 1 atom stereocenters. The molecule has 1 unspecified atom stereocenters. The molecule has 1 fully saturated rings. The molecule has 0 spiro atoms. The van der Waals surface area contributed by atoms with Gasteiger partial charge in [0.1, 0.15) is 0 Å². The van der Waals surface area contributed by atoms with Crippen molar-refractivity contribution in [1.82, 2.24) is 0 Å². The molecule has 0 amide bonds. The van der Waals surface area contributed by atoms with Crippen molar-refractivity contribution in [1.29, 1.82) is 0 Å². The van der Waals surface area contributed by atoms with E-state index in [1.165, 1.54) is 12.8 Å². The van der Waals surface area contributed by atoms with Crippen LogP contribution in [0.4, 0.5) is 11.4 Å². The van der Waals surface area contributed by atoms with Gasteiger partial charge in [0.2, 0.25) is 0 Å². The van der Waals surface area contributed by atoms with E-state index in [1.807, 2.05) is 19.1 Å². The second-order valence-electron chi connectivity index (χ2n) is 4.89. The van der Waals surface area contributed by atoms with Gasteiger partial charge in [0.15, 0.2) is 0 Å². The van der Waals surface area contributed by atoms with E-state index < -0.39 is 0 Å². The number of anilines is 2. The van der Waals surface area contributed by atoms with E-state index in [4.69, 9.17) is 10.5 Å². The quantitative estimate of drug-likeness (QED) is 0.669. The summed E-state index contributed by atoms with van der Waals surface area (Å²) in [5.74, 6) is -0.286. The minimum absolute atomic E-state index is 0.286. The molecule has 2 rings (SSSR count). The van der Waals surface area contributed by atoms with Gasteiger partial charge in [-0.1, -0.05) is 6.92 Å². The van der Waals surface area contributed by atoms with E-state index in [9.17, 15) is 4.79 Å². The second-order valence-corrected chi connectivity index (χ2v) is 4.89. The third-order valence-corrected chi connectivity index (χ3v) is 3.67. The monoisotopic (exact) mass is 262 g/mol. The third kappa shape index (κ3) is 2.83. The van der Waals surface area contributed by atoms with Crippen LogP contribution in [0.3, 0.4) is 0 Å². The van der Waals surface area contributed by atoms with Crippen LogP contribution in [-0.2, 0) is 4.74 Å². The molecule has 1 aliphatic rings. The van der Waals surface area contributed by atoms with Crippen LogP contribution in [0.5, 0.6) is 0 Å². The van der Waals surface area contributed by atoms with Crippen LogP contribution in [0, 0.1) is 0 Å². The zero-order valence-electron chi connectivity index (χ0n) is 11.7. The van der Waals surface area contributed by atoms with Gasteiger partial charge in [0.25, 0.3) is 0 Å². The molecule has 0 saturated carbocycles. The third-order valence-electron chi connectivity index (χ3n) is 3.67. The molecule has 4 nitrogen and oxygen atoms in total. The topological polar surface area (TPSA) is 55.6 Å². The molecule has 1 heterocycles. The Morgan fingerprint density at radius 3 is 2.95 bits per heavy atom. The van der Waals surface area contributed by atoms with Crippen molar-refractivity contribution < 1.29 is 9.53 Å². The number of hydrogen-bond acceptors (Lipinski definition) is 4. The fourth-order valence-corrected chi connectivity index (χ4v) is 2.75. The fourth-order valence-electron chi connectivity index (χ4n) is 2.75. The first kappa shape index (κ1) is 13.7. The Hall–Kier alpha value is -1.71. The minimum atomic E-state index is -0.286. The average molecular weight is 262 g/mol. The molecule has 1 aromatic rings. The summed E-state index contributed by atoms with van der Waals surface area (Å²) in [5, 5.41) is 0. The lowest BCUT2D eigenvalue weighted by Crippen LogP contribution is -2.30. The largest absolute Gasteiger partial charge is 0.462 e. The Morgan fingerprint density at radius 2 is 2.26 bits per heavy atom. The SMILES string of the molecule is CCOC(=O)c1cc(N)ccc1N1CCCC1CC. The lowest BCUT2D eigenvalue weighted by Gasteiger charge is -2.27. The molecule has 0 aliphatic carbocycles. The van der Waals surface area contributed by atoms with Gasteiger partial charge in [0, 0.05) is 18.3 Å². The number of rotatable bonds is 4. The first-order chi connectivity index (χ1) is 9.17. The van der Waals surface area contributed by atoms with Gasteiger partial charge < -0.3 is 15.4 Å². The van der Waals surface area contributed by atoms with Crippen LogP contribution in [0.15, 0.2) is 18.2 Å². The Balaban J connectivity index is 2.36. The zero-order valence-corrected chi connectivity index (χ0v) is 11.7. The Bertz CT molecular complexity index is 459. The summed E-state index contributed by atoms with van der Waals surface area (Å²) in [7, 11) is 0. The zero-order chi connectivity index (χ0) is 13.8. The number of hydrogen-bond donors (Lipinski definition) is 1. The summed E-state index contributed by atoms with van der Waals surface area (Å²) in [6.45, 7) is 5.37. The first-order valence-electron chi connectivity index (χ1n) is 7.00. The molecule has 19 heavy (non-hydrogen) atoms. The lowest BCUT2D eigenvalue weighted by atomic mass is 10.1. The van der Waals surface area contributed by atoms with Gasteiger partial charge in [0.05, 0.1) is 17.9 Å². The molecule has 0 bridgehead atoms. The number of nitrogens with two attached hydrogens (primary N) is 1. The molecule has 1 aromatic carbocycles. The van der Waals surface area contributed by atoms with Crippen molar-refractivity contribution in [2.75, 3.05) is 23.8 Å². The van der Waals surface area contributed by atoms with Crippen molar-refractivity contribution in [3.8, 4) is 0 Å². The number of esters is 1. The molecular weight excluding hydrogens is 240 g/mol. The van der Waals surface area contributed by atoms with Gasteiger partial charge in [-0.25, -0.2) is 4.79 Å². The molecule has 0 aromatic heterocycles. The Morgan fingerprint density at radius 1 is 1.47 bits per heavy atom. The standard InChI is InChI=1S/C15H22N2O2/c1-3-12-6-5-9-17(12)14-8-7-11(16)10-13(14)15(18)19-4-2/h7-8,10,12H,3-6,9,16H2,1-2H3. The van der Waals surface area contributed by atoms with Crippen molar-refractivity contribution in [2.24, 2.45) is 0 Å². The van der Waals surface area contributed by atoms with Gasteiger partial charge in [-0.15, -0.1) is 0 Å². The predicted molar refractivity (Wildman–Crippen MR) is 77.5 cm³/mol. The highest BCUT2D eigenvalue weighted by Gasteiger charge is 2.27. The fraction of sp³-hybridized carbons (Fsp3) is 0.533. The Labute approximate surface area is 114 Å². The number of nitrogen functional groups attached to an aromatic ring is 1. The number of carbonyl (C=O) groups excluding carboxylic acids is 1. The molecule has 104 valence electrons. The summed E-state index contributed by atoms with van der Waals surface area (Å²) in [4.78, 5) is 14.4. The number of benzene rings is 1. The number of carbonyl (C=O) groups is 1. The summed E-state index contributed by atoms with van der Waals surface area (Å²) in [6, 6.07) is 6.02.